The SMILES string of the molecule is COc1ccccc1-c1nc2c3c(ncn2n1)Oc1c(c(C)nn1-c1ccccc1)[C@H]3c1ccccc1OC. The largest absolute Gasteiger partial charge is 0.496 e. The van der Waals surface area contributed by atoms with Gasteiger partial charge in [-0.1, -0.05) is 48.5 Å². The Morgan fingerprint density at radius 2 is 1.51 bits per heavy atom. The van der Waals surface area contributed by atoms with Gasteiger partial charge in [0.1, 0.15) is 17.8 Å². The van der Waals surface area contributed by atoms with E-state index in [2.05, 4.69) is 6.07 Å². The van der Waals surface area contributed by atoms with Crippen molar-refractivity contribution in [1.29, 1.82) is 0 Å². The normalized spacial score (nSPS) is 14.0. The van der Waals surface area contributed by atoms with Gasteiger partial charge in [0, 0.05) is 5.56 Å². The molecular weight excluding hydrogens is 492 g/mol. The second kappa shape index (κ2) is 8.98. The number of para-hydroxylation sites is 3. The molecule has 7 rings (SSSR count). The highest BCUT2D eigenvalue weighted by molar-refractivity contribution is 5.71. The third-order valence-corrected chi connectivity index (χ3v) is 7.02. The van der Waals surface area contributed by atoms with Crippen molar-refractivity contribution in [2.24, 2.45) is 0 Å². The first-order valence-corrected chi connectivity index (χ1v) is 12.5. The number of rotatable bonds is 5. The predicted molar refractivity (Wildman–Crippen MR) is 145 cm³/mol. The van der Waals surface area contributed by atoms with E-state index in [0.29, 0.717) is 29.0 Å². The van der Waals surface area contributed by atoms with E-state index in [1.807, 2.05) is 84.4 Å². The summed E-state index contributed by atoms with van der Waals surface area (Å²) in [7, 11) is 3.31. The average molecular weight is 517 g/mol. The molecule has 3 aromatic carbocycles. The molecule has 1 aliphatic heterocycles. The van der Waals surface area contributed by atoms with Crippen LogP contribution in [0.3, 0.4) is 0 Å². The fourth-order valence-electron chi connectivity index (χ4n) is 5.28. The molecule has 0 N–H and O–H groups in total. The van der Waals surface area contributed by atoms with Gasteiger partial charge < -0.3 is 14.2 Å². The van der Waals surface area contributed by atoms with Crippen molar-refractivity contribution in [1.82, 2.24) is 29.4 Å². The zero-order valence-electron chi connectivity index (χ0n) is 21.6. The number of benzene rings is 3. The number of aromatic nitrogens is 6. The lowest BCUT2D eigenvalue weighted by Crippen LogP contribution is -2.16. The van der Waals surface area contributed by atoms with Gasteiger partial charge in [0.15, 0.2) is 11.5 Å². The van der Waals surface area contributed by atoms with Crippen LogP contribution >= 0.6 is 0 Å². The maximum absolute atomic E-state index is 6.52. The zero-order valence-corrected chi connectivity index (χ0v) is 21.6. The number of aryl methyl sites for hydroxylation is 1. The summed E-state index contributed by atoms with van der Waals surface area (Å²) in [5.74, 6) is 2.72. The predicted octanol–water partition coefficient (Wildman–Crippen LogP) is 5.59. The highest BCUT2D eigenvalue weighted by atomic mass is 16.5. The molecule has 0 amide bonds. The summed E-state index contributed by atoms with van der Waals surface area (Å²) in [6, 6.07) is 25.6. The van der Waals surface area contributed by atoms with Gasteiger partial charge in [-0.3, -0.25) is 0 Å². The van der Waals surface area contributed by atoms with Crippen molar-refractivity contribution < 1.29 is 14.2 Å². The lowest BCUT2D eigenvalue weighted by atomic mass is 9.84. The Hall–Kier alpha value is -5.18. The van der Waals surface area contributed by atoms with Gasteiger partial charge in [-0.25, -0.2) is 19.2 Å². The summed E-state index contributed by atoms with van der Waals surface area (Å²) in [5, 5.41) is 9.65. The van der Waals surface area contributed by atoms with Crippen LogP contribution in [0.2, 0.25) is 0 Å². The van der Waals surface area contributed by atoms with Crippen LogP contribution in [-0.2, 0) is 0 Å². The third kappa shape index (κ3) is 3.54. The first-order valence-electron chi connectivity index (χ1n) is 12.5. The van der Waals surface area contributed by atoms with Crippen molar-refractivity contribution in [3.8, 4) is 40.3 Å². The lowest BCUT2D eigenvalue weighted by Gasteiger charge is -2.27. The summed E-state index contributed by atoms with van der Waals surface area (Å²) in [6.07, 6.45) is 1.63. The van der Waals surface area contributed by atoms with E-state index in [1.54, 1.807) is 25.1 Å². The van der Waals surface area contributed by atoms with Crippen molar-refractivity contribution in [2.75, 3.05) is 14.2 Å². The van der Waals surface area contributed by atoms with E-state index in [9.17, 15) is 0 Å². The molecule has 1 atom stereocenters. The molecule has 192 valence electrons. The summed E-state index contributed by atoms with van der Waals surface area (Å²) in [5.41, 5.74) is 5.82. The van der Waals surface area contributed by atoms with Crippen LogP contribution in [-0.4, -0.2) is 43.6 Å². The molecule has 3 aromatic heterocycles. The van der Waals surface area contributed by atoms with Crippen LogP contribution < -0.4 is 14.2 Å². The number of hydrogen-bond donors (Lipinski definition) is 0. The fraction of sp³-hybridized carbons (Fsp3) is 0.133. The molecule has 0 fully saturated rings. The molecule has 0 unspecified atom stereocenters. The Morgan fingerprint density at radius 3 is 2.31 bits per heavy atom. The Balaban J connectivity index is 1.51. The highest BCUT2D eigenvalue weighted by Crippen LogP contribution is 2.51. The van der Waals surface area contributed by atoms with E-state index in [0.717, 1.165) is 39.4 Å². The van der Waals surface area contributed by atoms with E-state index in [1.165, 1.54) is 0 Å². The standard InChI is InChI=1S/C30H24N6O3/c1-18-24-25(20-13-7-9-15-22(20)37-2)26-28-32-27(21-14-8-10-16-23(21)38-3)34-35(28)17-31-29(26)39-30(24)36(33-18)19-11-5-4-6-12-19/h4-17,25H,1-3H3/t25-/m1/s1. The molecule has 9 heteroatoms. The van der Waals surface area contributed by atoms with Crippen LogP contribution in [0.4, 0.5) is 0 Å². The summed E-state index contributed by atoms with van der Waals surface area (Å²) < 4.78 is 21.4. The second-order valence-electron chi connectivity index (χ2n) is 9.20. The molecule has 9 nitrogen and oxygen atoms in total. The summed E-state index contributed by atoms with van der Waals surface area (Å²) >= 11 is 0. The zero-order chi connectivity index (χ0) is 26.5. The topological polar surface area (TPSA) is 88.6 Å². The van der Waals surface area contributed by atoms with Crippen LogP contribution in [0, 0.1) is 6.92 Å². The van der Waals surface area contributed by atoms with Crippen LogP contribution in [0.5, 0.6) is 23.3 Å². The molecule has 0 saturated carbocycles. The first-order chi connectivity index (χ1) is 19.2. The van der Waals surface area contributed by atoms with E-state index in [-0.39, 0.29) is 5.92 Å². The van der Waals surface area contributed by atoms with Gasteiger partial charge in [-0.15, -0.1) is 5.10 Å². The minimum Gasteiger partial charge on any atom is -0.496 e. The van der Waals surface area contributed by atoms with Gasteiger partial charge in [0.25, 0.3) is 0 Å². The molecule has 39 heavy (non-hydrogen) atoms. The van der Waals surface area contributed by atoms with Crippen molar-refractivity contribution in [2.45, 2.75) is 12.8 Å². The van der Waals surface area contributed by atoms with Gasteiger partial charge in [-0.2, -0.15) is 5.10 Å². The fourth-order valence-corrected chi connectivity index (χ4v) is 5.28. The van der Waals surface area contributed by atoms with Gasteiger partial charge in [-0.05, 0) is 37.3 Å². The molecular formula is C30H24N6O3. The maximum Gasteiger partial charge on any atom is 0.230 e. The molecule has 0 saturated heterocycles. The Morgan fingerprint density at radius 1 is 0.795 bits per heavy atom. The lowest BCUT2D eigenvalue weighted by molar-refractivity contribution is 0.393. The Bertz CT molecular complexity index is 1840. The first kappa shape index (κ1) is 23.0. The maximum atomic E-state index is 6.52. The number of fused-ring (bicyclic) bond motifs is 4. The van der Waals surface area contributed by atoms with Gasteiger partial charge in [0.05, 0.1) is 48.2 Å². The number of ether oxygens (including phenoxy) is 3. The van der Waals surface area contributed by atoms with Crippen molar-refractivity contribution in [3.05, 3.63) is 108 Å². The Kier molecular flexibility index (Phi) is 5.29. The molecule has 1 aliphatic rings. The molecule has 4 heterocycles. The molecule has 0 spiro atoms. The van der Waals surface area contributed by atoms with Crippen LogP contribution in [0.1, 0.15) is 28.3 Å². The van der Waals surface area contributed by atoms with Crippen LogP contribution in [0.15, 0.2) is 85.2 Å². The summed E-state index contributed by atoms with van der Waals surface area (Å²) in [4.78, 5) is 9.68. The van der Waals surface area contributed by atoms with E-state index < -0.39 is 0 Å². The number of hydrogen-bond acceptors (Lipinski definition) is 7. The van der Waals surface area contributed by atoms with Crippen molar-refractivity contribution >= 4 is 5.65 Å². The quantitative estimate of drug-likeness (QED) is 0.295. The van der Waals surface area contributed by atoms with Gasteiger partial charge in [0.2, 0.25) is 11.8 Å². The number of methoxy groups -OCH3 is 2. The molecule has 6 aromatic rings. The molecule has 0 bridgehead atoms. The minimum absolute atomic E-state index is 0.316. The molecule has 0 radical (unpaired) electrons. The highest BCUT2D eigenvalue weighted by Gasteiger charge is 2.39. The monoisotopic (exact) mass is 516 g/mol. The van der Waals surface area contributed by atoms with E-state index >= 15 is 0 Å². The smallest absolute Gasteiger partial charge is 0.230 e. The Labute approximate surface area is 224 Å². The third-order valence-electron chi connectivity index (χ3n) is 7.02. The van der Waals surface area contributed by atoms with Crippen molar-refractivity contribution in [3.63, 3.8) is 0 Å². The number of nitrogens with zero attached hydrogens (tertiary/aromatic N) is 6. The summed E-state index contributed by atoms with van der Waals surface area (Å²) in [6.45, 7) is 1.99. The minimum atomic E-state index is -0.316. The van der Waals surface area contributed by atoms with Gasteiger partial charge >= 0.3 is 0 Å². The van der Waals surface area contributed by atoms with E-state index in [4.69, 9.17) is 34.4 Å². The molecule has 0 aliphatic carbocycles. The second-order valence-corrected chi connectivity index (χ2v) is 9.20. The average Bonchev–Trinajstić information content (AvgIpc) is 3.57. The van der Waals surface area contributed by atoms with Crippen LogP contribution in [0.25, 0.3) is 22.7 Å².